The van der Waals surface area contributed by atoms with Gasteiger partial charge >= 0.3 is 0 Å². The molecule has 0 bridgehead atoms. The van der Waals surface area contributed by atoms with Crippen molar-refractivity contribution in [2.45, 2.75) is 33.1 Å². The lowest BCUT2D eigenvalue weighted by Crippen LogP contribution is -2.11. The molecule has 0 saturated heterocycles. The molecule has 0 saturated carbocycles. The van der Waals surface area contributed by atoms with Crippen molar-refractivity contribution in [1.29, 1.82) is 0 Å². The number of rotatable bonds is 2. The van der Waals surface area contributed by atoms with Gasteiger partial charge in [0, 0.05) is 22.6 Å². The molecule has 19 heavy (non-hydrogen) atoms. The van der Waals surface area contributed by atoms with Gasteiger partial charge in [-0.05, 0) is 13.0 Å². The second kappa shape index (κ2) is 4.46. The highest BCUT2D eigenvalue weighted by atomic mass is 16.6. The molecule has 0 amide bonds. The van der Waals surface area contributed by atoms with E-state index in [4.69, 9.17) is 4.42 Å². The summed E-state index contributed by atoms with van der Waals surface area (Å²) in [5.41, 5.74) is 0.918. The first-order valence-electron chi connectivity index (χ1n) is 5.89. The number of hydrogen-bond donors (Lipinski definition) is 0. The van der Waals surface area contributed by atoms with Gasteiger partial charge in [-0.1, -0.05) is 26.8 Å². The summed E-state index contributed by atoms with van der Waals surface area (Å²) >= 11 is 0. The highest BCUT2D eigenvalue weighted by Crippen LogP contribution is 2.30. The number of nitro benzene ring substituents is 1. The van der Waals surface area contributed by atoms with Crippen LogP contribution in [0, 0.1) is 17.0 Å². The molecule has 6 heteroatoms. The van der Waals surface area contributed by atoms with Gasteiger partial charge in [0.2, 0.25) is 11.8 Å². The molecule has 0 aliphatic heterocycles. The summed E-state index contributed by atoms with van der Waals surface area (Å²) in [6.45, 7) is 7.56. The molecule has 2 aromatic rings. The van der Waals surface area contributed by atoms with Crippen LogP contribution >= 0.6 is 0 Å². The van der Waals surface area contributed by atoms with Crippen molar-refractivity contribution in [3.05, 3.63) is 39.8 Å². The Kier molecular flexibility index (Phi) is 3.09. The van der Waals surface area contributed by atoms with Crippen LogP contribution < -0.4 is 0 Å². The van der Waals surface area contributed by atoms with E-state index in [2.05, 4.69) is 10.2 Å². The quantitative estimate of drug-likeness (QED) is 0.612. The Bertz CT molecular complexity index is 626. The molecule has 6 nitrogen and oxygen atoms in total. The summed E-state index contributed by atoms with van der Waals surface area (Å²) in [5.74, 6) is 0.819. The highest BCUT2D eigenvalue weighted by molar-refractivity contribution is 5.64. The lowest BCUT2D eigenvalue weighted by Gasteiger charge is -2.11. The Morgan fingerprint density at radius 2 is 1.95 bits per heavy atom. The molecule has 0 spiro atoms. The van der Waals surface area contributed by atoms with Crippen molar-refractivity contribution in [3.63, 3.8) is 0 Å². The van der Waals surface area contributed by atoms with Crippen molar-refractivity contribution < 1.29 is 9.34 Å². The Morgan fingerprint density at radius 3 is 2.47 bits per heavy atom. The fourth-order valence-corrected chi connectivity index (χ4v) is 1.69. The highest BCUT2D eigenvalue weighted by Gasteiger charge is 2.23. The zero-order valence-electron chi connectivity index (χ0n) is 11.3. The van der Waals surface area contributed by atoms with E-state index in [0.29, 0.717) is 22.9 Å². The predicted molar refractivity (Wildman–Crippen MR) is 69.8 cm³/mol. The van der Waals surface area contributed by atoms with E-state index < -0.39 is 4.92 Å². The minimum Gasteiger partial charge on any atom is -0.420 e. The van der Waals surface area contributed by atoms with Crippen molar-refractivity contribution in [3.8, 4) is 11.5 Å². The van der Waals surface area contributed by atoms with E-state index in [1.165, 1.54) is 6.07 Å². The first-order chi connectivity index (χ1) is 8.80. The van der Waals surface area contributed by atoms with Crippen LogP contribution in [0.1, 0.15) is 32.2 Å². The van der Waals surface area contributed by atoms with Gasteiger partial charge in [0.15, 0.2) is 0 Å². The van der Waals surface area contributed by atoms with Gasteiger partial charge in [-0.2, -0.15) is 0 Å². The smallest absolute Gasteiger partial charge is 0.273 e. The number of nitro groups is 1. The van der Waals surface area contributed by atoms with E-state index in [-0.39, 0.29) is 11.1 Å². The minimum absolute atomic E-state index is 0.0491. The molecular formula is C13H15N3O3. The zero-order chi connectivity index (χ0) is 14.2. The number of aromatic nitrogens is 2. The molecule has 0 atom stereocenters. The van der Waals surface area contributed by atoms with Crippen LogP contribution in [-0.4, -0.2) is 15.1 Å². The van der Waals surface area contributed by atoms with Crippen LogP contribution in [0.3, 0.4) is 0 Å². The predicted octanol–water partition coefficient (Wildman–Crippen LogP) is 3.25. The lowest BCUT2D eigenvalue weighted by atomic mass is 9.97. The minimum atomic E-state index is -0.417. The summed E-state index contributed by atoms with van der Waals surface area (Å²) in [4.78, 5) is 10.5. The van der Waals surface area contributed by atoms with Crippen molar-refractivity contribution in [2.75, 3.05) is 0 Å². The van der Waals surface area contributed by atoms with Gasteiger partial charge < -0.3 is 4.42 Å². The molecule has 0 radical (unpaired) electrons. The Morgan fingerprint density at radius 1 is 1.26 bits per heavy atom. The third-order valence-electron chi connectivity index (χ3n) is 2.80. The Hall–Kier alpha value is -2.24. The summed E-state index contributed by atoms with van der Waals surface area (Å²) in [5, 5.41) is 18.9. The summed E-state index contributed by atoms with van der Waals surface area (Å²) in [6, 6.07) is 4.81. The fraction of sp³-hybridized carbons (Fsp3) is 0.385. The first-order valence-corrected chi connectivity index (χ1v) is 5.89. The lowest BCUT2D eigenvalue weighted by molar-refractivity contribution is -0.385. The monoisotopic (exact) mass is 261 g/mol. The molecule has 2 rings (SSSR count). The largest absolute Gasteiger partial charge is 0.420 e. The van der Waals surface area contributed by atoms with Gasteiger partial charge in [-0.15, -0.1) is 10.2 Å². The van der Waals surface area contributed by atoms with Crippen molar-refractivity contribution >= 4 is 5.69 Å². The normalized spacial score (nSPS) is 11.6. The molecule has 0 fully saturated rings. The maximum Gasteiger partial charge on any atom is 0.273 e. The van der Waals surface area contributed by atoms with Crippen LogP contribution in [0.25, 0.3) is 11.5 Å². The fourth-order valence-electron chi connectivity index (χ4n) is 1.69. The molecule has 0 N–H and O–H groups in total. The SMILES string of the molecule is Cc1c(-c2nnc(C(C)(C)C)o2)cccc1[N+](=O)[O-]. The van der Waals surface area contributed by atoms with Gasteiger partial charge in [0.25, 0.3) is 5.69 Å². The van der Waals surface area contributed by atoms with E-state index in [1.807, 2.05) is 20.8 Å². The van der Waals surface area contributed by atoms with Crippen LogP contribution in [0.5, 0.6) is 0 Å². The third-order valence-corrected chi connectivity index (χ3v) is 2.80. The van der Waals surface area contributed by atoms with Crippen LogP contribution in [0.2, 0.25) is 0 Å². The summed E-state index contributed by atoms with van der Waals surface area (Å²) in [6.07, 6.45) is 0. The number of nitrogens with zero attached hydrogens (tertiary/aromatic N) is 3. The Labute approximate surface area is 110 Å². The van der Waals surface area contributed by atoms with Crippen molar-refractivity contribution in [2.24, 2.45) is 0 Å². The van der Waals surface area contributed by atoms with E-state index in [0.717, 1.165) is 0 Å². The molecule has 100 valence electrons. The van der Waals surface area contributed by atoms with E-state index >= 15 is 0 Å². The van der Waals surface area contributed by atoms with E-state index in [9.17, 15) is 10.1 Å². The Balaban J connectivity index is 2.51. The molecule has 0 unspecified atom stereocenters. The molecule has 0 aliphatic carbocycles. The summed E-state index contributed by atoms with van der Waals surface area (Å²) in [7, 11) is 0. The molecule has 1 aromatic heterocycles. The average Bonchev–Trinajstić information content (AvgIpc) is 2.77. The third kappa shape index (κ3) is 2.47. The molecular weight excluding hydrogens is 246 g/mol. The number of hydrogen-bond acceptors (Lipinski definition) is 5. The summed E-state index contributed by atoms with van der Waals surface area (Å²) < 4.78 is 5.60. The van der Waals surface area contributed by atoms with Gasteiger partial charge in [0.05, 0.1) is 4.92 Å². The first kappa shape index (κ1) is 13.2. The zero-order valence-corrected chi connectivity index (χ0v) is 11.3. The maximum atomic E-state index is 10.9. The topological polar surface area (TPSA) is 82.1 Å². The average molecular weight is 261 g/mol. The van der Waals surface area contributed by atoms with Gasteiger partial charge in [-0.3, -0.25) is 10.1 Å². The number of benzene rings is 1. The molecule has 0 aliphatic rings. The van der Waals surface area contributed by atoms with E-state index in [1.54, 1.807) is 19.1 Å². The van der Waals surface area contributed by atoms with Gasteiger partial charge in [0.1, 0.15) is 0 Å². The van der Waals surface area contributed by atoms with Crippen LogP contribution in [0.4, 0.5) is 5.69 Å². The van der Waals surface area contributed by atoms with Crippen LogP contribution in [-0.2, 0) is 5.41 Å². The van der Waals surface area contributed by atoms with Crippen LogP contribution in [0.15, 0.2) is 22.6 Å². The van der Waals surface area contributed by atoms with Gasteiger partial charge in [-0.25, -0.2) is 0 Å². The second-order valence-electron chi connectivity index (χ2n) is 5.37. The van der Waals surface area contributed by atoms with Crippen molar-refractivity contribution in [1.82, 2.24) is 10.2 Å². The molecule has 1 heterocycles. The second-order valence-corrected chi connectivity index (χ2v) is 5.37. The standard InChI is InChI=1S/C13H15N3O3/c1-8-9(6-5-7-10(8)16(17)18)11-14-15-12(19-11)13(2,3)4/h5-7H,1-4H3. The maximum absolute atomic E-state index is 10.9. The molecule has 1 aromatic carbocycles.